The number of hydrogen-bond acceptors (Lipinski definition) is 27. The highest BCUT2D eigenvalue weighted by molar-refractivity contribution is 7.60. The average Bonchev–Trinajstić information content (AvgIpc) is 3.62. The number of hydrogen-bond donors (Lipinski definition) is 4. The van der Waals surface area contributed by atoms with Crippen molar-refractivity contribution in [2.75, 3.05) is 60.8 Å². The van der Waals surface area contributed by atoms with Crippen molar-refractivity contribution < 1.29 is 197 Å². The fourth-order valence-corrected chi connectivity index (χ4v) is 10.3. The summed E-state index contributed by atoms with van der Waals surface area (Å²) in [5.41, 5.74) is 3.27. The predicted molar refractivity (Wildman–Crippen MR) is 295 cm³/mol. The minimum Gasteiger partial charge on any atom is -0.786 e. The molecule has 0 radical (unpaired) electrons. The number of carbonyl (C=O) groups is 3. The summed E-state index contributed by atoms with van der Waals surface area (Å²) in [5.74, 6) is -4.05. The van der Waals surface area contributed by atoms with Crippen LogP contribution in [-0.4, -0.2) is 140 Å². The van der Waals surface area contributed by atoms with E-state index in [1.54, 1.807) is 47.0 Å². The molecule has 3 aromatic carbocycles. The summed E-state index contributed by atoms with van der Waals surface area (Å²) in [6.45, 7) is 0.137. The molecule has 0 fully saturated rings. The van der Waals surface area contributed by atoms with Gasteiger partial charge in [0.05, 0.1) is 110 Å². The van der Waals surface area contributed by atoms with Crippen molar-refractivity contribution in [2.45, 2.75) is 45.3 Å². The highest BCUT2D eigenvalue weighted by Gasteiger charge is 2.39. The van der Waals surface area contributed by atoms with Gasteiger partial charge in [-0.1, -0.05) is 78.9 Å². The van der Waals surface area contributed by atoms with Gasteiger partial charge in [-0.2, -0.15) is 26.3 Å². The van der Waals surface area contributed by atoms with E-state index in [2.05, 4.69) is 54.6 Å². The van der Waals surface area contributed by atoms with Crippen molar-refractivity contribution >= 4 is 95.3 Å². The maximum absolute atomic E-state index is 12.1. The minimum atomic E-state index is -4.96. The van der Waals surface area contributed by atoms with E-state index in [-0.39, 0.29) is 109 Å². The molecular formula is C37H66F6N4O35P9-9. The van der Waals surface area contributed by atoms with E-state index in [4.69, 9.17) is 18.5 Å². The summed E-state index contributed by atoms with van der Waals surface area (Å²) in [6.07, 6.45) is -10.5. The van der Waals surface area contributed by atoms with Crippen molar-refractivity contribution in [3.63, 3.8) is 0 Å². The van der Waals surface area contributed by atoms with Gasteiger partial charge in [-0.3, -0.25) is 9.59 Å². The number of nitrogens with one attached hydrogen (secondary N) is 4. The first kappa shape index (κ1) is 108. The van der Waals surface area contributed by atoms with Crippen LogP contribution in [-0.2, 0) is 105 Å². The topological polar surface area (TPSA) is 720 Å². The summed E-state index contributed by atoms with van der Waals surface area (Å²) < 4.78 is 135. The third kappa shape index (κ3) is 58.0. The lowest BCUT2D eigenvalue weighted by atomic mass is 10.1. The van der Waals surface area contributed by atoms with Gasteiger partial charge in [0, 0.05) is 54.1 Å². The highest BCUT2D eigenvalue weighted by atomic mass is 31.3. The maximum Gasteiger partial charge on any atom is 0.471 e. The van der Waals surface area contributed by atoms with Crippen LogP contribution in [0, 0.1) is 0 Å². The van der Waals surface area contributed by atoms with Crippen LogP contribution in [0.3, 0.4) is 0 Å². The van der Waals surface area contributed by atoms with Crippen LogP contribution < -0.4 is 65.3 Å². The molecular weight excluding hydrogens is 1450 g/mol. The third-order valence-electron chi connectivity index (χ3n) is 8.00. The van der Waals surface area contributed by atoms with Crippen molar-refractivity contribution in [3.8, 4) is 0 Å². The lowest BCUT2D eigenvalue weighted by molar-refractivity contribution is -0.228. The normalized spacial score (nSPS) is 13.4. The molecule has 54 heteroatoms. The first-order chi connectivity index (χ1) is 38.7. The highest BCUT2D eigenvalue weighted by Crippen LogP contribution is 2.53. The average molecular weight is 1520 g/mol. The molecule has 9 atom stereocenters. The molecule has 0 aliphatic rings. The third-order valence-corrected chi connectivity index (χ3v) is 16.4. The number of alkyl carbamates (subject to hydrolysis) is 1. The Labute approximate surface area is 524 Å². The molecule has 0 heterocycles. The van der Waals surface area contributed by atoms with Gasteiger partial charge in [0.25, 0.3) is 0 Å². The molecule has 91 heavy (non-hydrogen) atoms. The van der Waals surface area contributed by atoms with Gasteiger partial charge >= 0.3 is 30.3 Å². The largest absolute Gasteiger partial charge is 0.786 e. The zero-order valence-electron chi connectivity index (χ0n) is 46.7. The molecule has 0 aromatic heterocycles. The van der Waals surface area contributed by atoms with Gasteiger partial charge in [0.2, 0.25) is 0 Å². The molecule has 0 bridgehead atoms. The van der Waals surface area contributed by atoms with Gasteiger partial charge in [-0.25, -0.2) is 4.79 Å². The van der Waals surface area contributed by atoms with E-state index in [0.717, 1.165) is 32.5 Å². The van der Waals surface area contributed by atoms with Crippen LogP contribution in [0.2, 0.25) is 0 Å². The summed E-state index contributed by atoms with van der Waals surface area (Å²) in [6, 6.07) is 21.8. The van der Waals surface area contributed by atoms with Crippen LogP contribution in [0.1, 0.15) is 27.8 Å². The number of benzene rings is 3. The Kier molecular flexibility index (Phi) is 74.4. The van der Waals surface area contributed by atoms with Crippen molar-refractivity contribution in [1.82, 2.24) is 21.3 Å². The molecule has 540 valence electrons. The Morgan fingerprint density at radius 2 is 0.714 bits per heavy atom. The van der Waals surface area contributed by atoms with E-state index < -0.39 is 108 Å². The van der Waals surface area contributed by atoms with Crippen LogP contribution in [0.15, 0.2) is 78.9 Å². The van der Waals surface area contributed by atoms with Crippen molar-refractivity contribution in [3.05, 3.63) is 107 Å². The molecule has 9 unspecified atom stereocenters. The van der Waals surface area contributed by atoms with E-state index in [9.17, 15) is 84.8 Å². The fraction of sp³-hybridized carbons (Fsp3) is 0.432. The van der Waals surface area contributed by atoms with E-state index in [1.165, 1.54) is 24.3 Å². The van der Waals surface area contributed by atoms with Gasteiger partial charge in [0.1, 0.15) is 6.61 Å². The van der Waals surface area contributed by atoms with E-state index in [0.29, 0.717) is 29.8 Å². The fourth-order valence-electron chi connectivity index (χ4n) is 4.45. The number of rotatable bonds is 37. The van der Waals surface area contributed by atoms with Gasteiger partial charge in [-0.15, -0.1) is 0 Å². The molecule has 0 aliphatic carbocycles. The number of ether oxygens (including phenoxy) is 2. The summed E-state index contributed by atoms with van der Waals surface area (Å²) in [4.78, 5) is 133. The number of alkyl halides is 6. The molecule has 3 amide bonds. The van der Waals surface area contributed by atoms with E-state index >= 15 is 0 Å². The lowest BCUT2D eigenvalue weighted by Gasteiger charge is -2.33. The van der Waals surface area contributed by atoms with Gasteiger partial charge in [-0.05, 0) is 27.8 Å². The molecule has 0 saturated carbocycles. The number of amides is 3. The standard InChI is InChI=1S/C15H21F3N2O9P3.C11H12F3NO8P3.C11H15NO9P3.9H2O/c1-25-30(22)28-32(24)29-31(23)27-11-13-4-2-12(3-5-13)10-19-6-8-26-9-7-20-14(21)15(16,17)18;1-20-24(17)22-26(19)23-25(18)21-7-9-4-2-8(3-5-9)6-15-10(16)11(12,13)14;1-17-22(14)20-24(16)21-23(15)19-8-7-12-11(13)18-9-10-5-3-2-4-6-10;;;;;;;;;/h2-5,19H,6-11H2,1H3,(H,20,21);2-5H,6-7H2,1H3,(H,15,16);2-6H,7-9H2,1H3,(H,12,13);9*1H2/q3*-3;;;;;;;;;. The van der Waals surface area contributed by atoms with Crippen LogP contribution in [0.4, 0.5) is 31.1 Å². The predicted octanol–water partition coefficient (Wildman–Crippen LogP) is -5.80. The first-order valence-electron chi connectivity index (χ1n) is 21.7. The molecule has 0 spiro atoms. The zero-order chi connectivity index (χ0) is 61.5. The van der Waals surface area contributed by atoms with Gasteiger partial charge < -0.3 is 177 Å². The molecule has 22 N–H and O–H groups in total. The molecule has 39 nitrogen and oxygen atoms in total. The Hall–Kier alpha value is -1.96. The Morgan fingerprint density at radius 3 is 1.11 bits per heavy atom. The summed E-state index contributed by atoms with van der Waals surface area (Å²) >= 11 is 0. The maximum atomic E-state index is 12.1. The van der Waals surface area contributed by atoms with Crippen molar-refractivity contribution in [2.24, 2.45) is 0 Å². The smallest absolute Gasteiger partial charge is 0.471 e. The molecule has 3 rings (SSSR count). The Morgan fingerprint density at radius 1 is 0.385 bits per heavy atom. The minimum absolute atomic E-state index is 0. The second-order valence-corrected chi connectivity index (χ2v) is 23.6. The lowest BCUT2D eigenvalue weighted by Crippen LogP contribution is -2.38. The number of halogens is 6. The first-order valence-corrected chi connectivity index (χ1v) is 31.5. The molecule has 0 aliphatic heterocycles. The van der Waals surface area contributed by atoms with Crippen molar-refractivity contribution in [1.29, 1.82) is 0 Å². The molecule has 0 saturated heterocycles. The van der Waals surface area contributed by atoms with Crippen LogP contribution in [0.25, 0.3) is 0 Å². The molecule has 3 aromatic rings. The van der Waals surface area contributed by atoms with Crippen LogP contribution in [0.5, 0.6) is 0 Å². The number of carbonyl (C=O) groups excluding carboxylic acids is 3. The zero-order valence-corrected chi connectivity index (χ0v) is 54.7. The monoisotopic (exact) mass is 1520 g/mol. The SMILES string of the molecule is COP([O-])OP([O-])OP([O-])OCCNC(=O)OCc1ccccc1.COP([O-])OP([O-])OP([O-])OCc1ccc(CNC(=O)C(F)(F)F)cc1.COP([O-])OP([O-])OP([O-])OCc1ccc(CNCCOCCNC(=O)C(F)(F)F)cc1.O.O.O.O.O.O.O.O.O. The second kappa shape index (κ2) is 62.8. The Balaban J connectivity index is -0.000000152. The van der Waals surface area contributed by atoms with Crippen LogP contribution >= 0.6 is 77.4 Å². The quantitative estimate of drug-likeness (QED) is 0.0237. The summed E-state index contributed by atoms with van der Waals surface area (Å²) in [5, 5.41) is 8.83. The second-order valence-electron chi connectivity index (χ2n) is 13.8. The Bertz CT molecular complexity index is 2180. The summed E-state index contributed by atoms with van der Waals surface area (Å²) in [7, 11) is -21.9. The van der Waals surface area contributed by atoms with E-state index in [1.807, 2.05) is 18.2 Å². The van der Waals surface area contributed by atoms with Gasteiger partial charge in [0.15, 0.2) is 0 Å².